The Bertz CT molecular complexity index is 289. The highest BCUT2D eigenvalue weighted by Crippen LogP contribution is 2.19. The molecule has 0 spiro atoms. The largest absolute Gasteiger partial charge is 0.312 e. The predicted molar refractivity (Wildman–Crippen MR) is 71.4 cm³/mol. The second kappa shape index (κ2) is 7.13. The molecule has 1 fully saturated rings. The number of rotatable bonds is 0. The van der Waals surface area contributed by atoms with Gasteiger partial charge in [0.1, 0.15) is 0 Å². The third-order valence-corrected chi connectivity index (χ3v) is 3.15. The molecular weight excluding hydrogens is 243 g/mol. The average Bonchev–Trinajstić information content (AvgIpc) is 2.23. The Morgan fingerprint density at radius 2 is 1.81 bits per heavy atom. The lowest BCUT2D eigenvalue weighted by Crippen LogP contribution is -2.47. The molecular formula is C12H18Cl2N2. The first-order chi connectivity index (χ1) is 7.59. The molecule has 1 atom stereocenters. The van der Waals surface area contributed by atoms with Crippen molar-refractivity contribution in [2.45, 2.75) is 13.0 Å². The molecule has 1 N–H and O–H groups in total. The van der Waals surface area contributed by atoms with Gasteiger partial charge in [-0.15, -0.1) is 0 Å². The number of likely N-dealkylation sites (N-methyl/N-ethyl adjacent to an activating group) is 1. The van der Waals surface area contributed by atoms with Crippen LogP contribution in [0.3, 0.4) is 0 Å². The zero-order valence-corrected chi connectivity index (χ0v) is 11.2. The molecule has 1 aliphatic heterocycles. The summed E-state index contributed by atoms with van der Waals surface area (Å²) in [6, 6.07) is 7.88. The number of hydrogen-bond acceptors (Lipinski definition) is 2. The van der Waals surface area contributed by atoms with E-state index < -0.39 is 0 Å². The first kappa shape index (κ1) is 13.8. The summed E-state index contributed by atoms with van der Waals surface area (Å²) in [7, 11) is 2.16. The lowest BCUT2D eigenvalue weighted by molar-refractivity contribution is 0.248. The molecule has 1 heterocycles. The SMILES string of the molecule is C[C@@H]1CN(C)CCN1.Clc1ccccc1Cl. The van der Waals surface area contributed by atoms with Crippen LogP contribution in [0.25, 0.3) is 0 Å². The monoisotopic (exact) mass is 260 g/mol. The van der Waals surface area contributed by atoms with Crippen molar-refractivity contribution < 1.29 is 0 Å². The molecule has 90 valence electrons. The summed E-state index contributed by atoms with van der Waals surface area (Å²) < 4.78 is 0. The quantitative estimate of drug-likeness (QED) is 0.772. The van der Waals surface area contributed by atoms with Crippen molar-refractivity contribution in [3.63, 3.8) is 0 Å². The fraction of sp³-hybridized carbons (Fsp3) is 0.500. The maximum absolute atomic E-state index is 5.58. The van der Waals surface area contributed by atoms with Gasteiger partial charge in [-0.25, -0.2) is 0 Å². The summed E-state index contributed by atoms with van der Waals surface area (Å²) in [5, 5.41) is 4.58. The highest BCUT2D eigenvalue weighted by Gasteiger charge is 2.09. The fourth-order valence-corrected chi connectivity index (χ4v) is 1.84. The van der Waals surface area contributed by atoms with Crippen LogP contribution in [0.4, 0.5) is 0 Å². The third-order valence-electron chi connectivity index (χ3n) is 2.40. The molecule has 0 aliphatic carbocycles. The van der Waals surface area contributed by atoms with E-state index in [-0.39, 0.29) is 0 Å². The van der Waals surface area contributed by atoms with Gasteiger partial charge in [0.2, 0.25) is 0 Å². The van der Waals surface area contributed by atoms with Crippen molar-refractivity contribution in [3.8, 4) is 0 Å². The summed E-state index contributed by atoms with van der Waals surface area (Å²) in [5.41, 5.74) is 0. The Morgan fingerprint density at radius 3 is 2.12 bits per heavy atom. The minimum absolute atomic E-state index is 0.606. The van der Waals surface area contributed by atoms with E-state index in [0.717, 1.165) is 6.54 Å². The van der Waals surface area contributed by atoms with Gasteiger partial charge in [0, 0.05) is 25.7 Å². The molecule has 1 aromatic carbocycles. The van der Waals surface area contributed by atoms with Gasteiger partial charge in [0.15, 0.2) is 0 Å². The number of benzene rings is 1. The van der Waals surface area contributed by atoms with Crippen molar-refractivity contribution in [3.05, 3.63) is 34.3 Å². The second-order valence-corrected chi connectivity index (χ2v) is 4.85. The standard InChI is InChI=1S/C6H4Cl2.C6H14N2/c7-5-3-1-2-4-6(5)8;1-6-5-8(2)4-3-7-6/h1-4H;6-7H,3-5H2,1-2H3/t;6-/m.1/s1. The molecule has 0 aromatic heterocycles. The fourth-order valence-electron chi connectivity index (χ4n) is 1.56. The highest BCUT2D eigenvalue weighted by molar-refractivity contribution is 6.41. The van der Waals surface area contributed by atoms with Crippen LogP contribution in [0.5, 0.6) is 0 Å². The number of halogens is 2. The van der Waals surface area contributed by atoms with Crippen molar-refractivity contribution in [2.75, 3.05) is 26.7 Å². The Morgan fingerprint density at radius 1 is 1.25 bits per heavy atom. The van der Waals surface area contributed by atoms with Crippen LogP contribution in [0.2, 0.25) is 10.0 Å². The minimum atomic E-state index is 0.606. The van der Waals surface area contributed by atoms with E-state index in [1.807, 2.05) is 12.1 Å². The first-order valence-electron chi connectivity index (χ1n) is 5.41. The number of nitrogens with one attached hydrogen (secondary N) is 1. The summed E-state index contributed by atoms with van der Waals surface area (Å²) in [6.07, 6.45) is 0. The molecule has 16 heavy (non-hydrogen) atoms. The van der Waals surface area contributed by atoms with Gasteiger partial charge in [-0.05, 0) is 26.1 Å². The number of hydrogen-bond donors (Lipinski definition) is 1. The Hall–Kier alpha value is -0.280. The lowest BCUT2D eigenvalue weighted by Gasteiger charge is -2.28. The zero-order valence-electron chi connectivity index (χ0n) is 9.71. The molecule has 0 amide bonds. The van der Waals surface area contributed by atoms with E-state index in [1.165, 1.54) is 13.1 Å². The highest BCUT2D eigenvalue weighted by atomic mass is 35.5. The van der Waals surface area contributed by atoms with Crippen LogP contribution < -0.4 is 5.32 Å². The van der Waals surface area contributed by atoms with E-state index in [2.05, 4.69) is 24.2 Å². The number of nitrogens with zero attached hydrogens (tertiary/aromatic N) is 1. The minimum Gasteiger partial charge on any atom is -0.312 e. The Labute approximate surface area is 108 Å². The van der Waals surface area contributed by atoms with Gasteiger partial charge >= 0.3 is 0 Å². The van der Waals surface area contributed by atoms with Crippen molar-refractivity contribution in [2.24, 2.45) is 0 Å². The van der Waals surface area contributed by atoms with Crippen LogP contribution in [0.1, 0.15) is 6.92 Å². The molecule has 2 nitrogen and oxygen atoms in total. The van der Waals surface area contributed by atoms with Gasteiger partial charge in [0.25, 0.3) is 0 Å². The predicted octanol–water partition coefficient (Wildman–Crippen LogP) is 2.90. The van der Waals surface area contributed by atoms with E-state index >= 15 is 0 Å². The maximum atomic E-state index is 5.58. The first-order valence-corrected chi connectivity index (χ1v) is 6.17. The third kappa shape index (κ3) is 5.17. The maximum Gasteiger partial charge on any atom is 0.0592 e. The van der Waals surface area contributed by atoms with Crippen molar-refractivity contribution in [1.29, 1.82) is 0 Å². The molecule has 4 heteroatoms. The van der Waals surface area contributed by atoms with Crippen LogP contribution >= 0.6 is 23.2 Å². The van der Waals surface area contributed by atoms with Gasteiger partial charge in [0.05, 0.1) is 10.0 Å². The second-order valence-electron chi connectivity index (χ2n) is 4.03. The zero-order chi connectivity index (χ0) is 12.0. The summed E-state index contributed by atoms with van der Waals surface area (Å²) >= 11 is 11.2. The molecule has 0 saturated carbocycles. The van der Waals surface area contributed by atoms with Crippen molar-refractivity contribution in [1.82, 2.24) is 10.2 Å². The lowest BCUT2D eigenvalue weighted by atomic mass is 10.2. The molecule has 0 bridgehead atoms. The Kier molecular flexibility index (Phi) is 6.14. The topological polar surface area (TPSA) is 15.3 Å². The molecule has 1 saturated heterocycles. The van der Waals surface area contributed by atoms with Gasteiger partial charge in [-0.1, -0.05) is 35.3 Å². The molecule has 2 rings (SSSR count). The van der Waals surface area contributed by atoms with E-state index in [4.69, 9.17) is 23.2 Å². The van der Waals surface area contributed by atoms with Crippen LogP contribution in [-0.2, 0) is 0 Å². The summed E-state index contributed by atoms with van der Waals surface area (Å²) in [6.45, 7) is 5.76. The van der Waals surface area contributed by atoms with Gasteiger partial charge < -0.3 is 10.2 Å². The summed E-state index contributed by atoms with van der Waals surface area (Å²) in [4.78, 5) is 2.35. The number of piperazine rings is 1. The van der Waals surface area contributed by atoms with Crippen LogP contribution in [0.15, 0.2) is 24.3 Å². The molecule has 0 unspecified atom stereocenters. The van der Waals surface area contributed by atoms with Crippen LogP contribution in [-0.4, -0.2) is 37.6 Å². The molecule has 0 radical (unpaired) electrons. The van der Waals surface area contributed by atoms with Gasteiger partial charge in [-0.2, -0.15) is 0 Å². The van der Waals surface area contributed by atoms with Crippen LogP contribution in [0, 0.1) is 0 Å². The molecule has 1 aromatic rings. The Balaban J connectivity index is 0.000000160. The average molecular weight is 261 g/mol. The van der Waals surface area contributed by atoms with E-state index in [1.54, 1.807) is 12.1 Å². The molecule has 1 aliphatic rings. The van der Waals surface area contributed by atoms with E-state index in [9.17, 15) is 0 Å². The van der Waals surface area contributed by atoms with E-state index in [0.29, 0.717) is 16.1 Å². The van der Waals surface area contributed by atoms with Crippen molar-refractivity contribution >= 4 is 23.2 Å². The normalized spacial score (nSPS) is 21.1. The summed E-state index contributed by atoms with van der Waals surface area (Å²) in [5.74, 6) is 0. The smallest absolute Gasteiger partial charge is 0.0592 e. The van der Waals surface area contributed by atoms with Gasteiger partial charge in [-0.3, -0.25) is 0 Å².